The van der Waals surface area contributed by atoms with E-state index in [0.29, 0.717) is 35.1 Å². The number of nitrogens with one attached hydrogen (secondary N) is 1. The van der Waals surface area contributed by atoms with Gasteiger partial charge in [0.05, 0.1) is 6.42 Å². The Morgan fingerprint density at radius 1 is 1.03 bits per heavy atom. The zero-order chi connectivity index (χ0) is 22.6. The summed E-state index contributed by atoms with van der Waals surface area (Å²) in [5.74, 6) is -0.740. The van der Waals surface area contributed by atoms with Gasteiger partial charge in [0.15, 0.2) is 0 Å². The maximum Gasteiger partial charge on any atom is 0.305 e. The molecule has 3 nitrogen and oxygen atoms in total. The molecule has 2 atom stereocenters. The van der Waals surface area contributed by atoms with E-state index in [2.05, 4.69) is 26.1 Å². The zero-order valence-electron chi connectivity index (χ0n) is 18.8. The number of aryl methyl sites for hydroxylation is 2. The highest BCUT2D eigenvalue weighted by atomic mass is 19.1. The summed E-state index contributed by atoms with van der Waals surface area (Å²) in [5, 5.41) is 12.8. The summed E-state index contributed by atoms with van der Waals surface area (Å²) in [6.07, 6.45) is 0.883. The lowest BCUT2D eigenvalue weighted by Gasteiger charge is -2.24. The molecule has 164 valence electrons. The van der Waals surface area contributed by atoms with E-state index in [0.717, 1.165) is 23.1 Å². The third-order valence-electron chi connectivity index (χ3n) is 5.51. The van der Waals surface area contributed by atoms with Crippen LogP contribution in [0.2, 0.25) is 0 Å². The molecule has 0 aromatic heterocycles. The van der Waals surface area contributed by atoms with Crippen molar-refractivity contribution in [3.05, 3.63) is 58.2 Å². The maximum atomic E-state index is 14.9. The second-order valence-electron chi connectivity index (χ2n) is 8.88. The smallest absolute Gasteiger partial charge is 0.305 e. The highest BCUT2D eigenvalue weighted by Crippen LogP contribution is 2.33. The van der Waals surface area contributed by atoms with E-state index in [4.69, 9.17) is 0 Å². The molecular formula is C25H33F2NO2. The van der Waals surface area contributed by atoms with E-state index in [9.17, 15) is 18.7 Å². The molecule has 1 unspecified atom stereocenters. The first-order valence-corrected chi connectivity index (χ1v) is 10.5. The molecule has 2 aromatic rings. The van der Waals surface area contributed by atoms with Crippen LogP contribution >= 0.6 is 0 Å². The number of benzene rings is 2. The number of rotatable bonds is 9. The first-order chi connectivity index (χ1) is 14.0. The van der Waals surface area contributed by atoms with Crippen molar-refractivity contribution in [3.8, 4) is 11.1 Å². The molecule has 0 bridgehead atoms. The largest absolute Gasteiger partial charge is 0.481 e. The molecule has 5 heteroatoms. The molecule has 0 radical (unpaired) electrons. The Morgan fingerprint density at radius 3 is 2.17 bits per heavy atom. The van der Waals surface area contributed by atoms with Gasteiger partial charge in [-0.25, -0.2) is 8.78 Å². The van der Waals surface area contributed by atoms with Gasteiger partial charge in [0.25, 0.3) is 0 Å². The third kappa shape index (κ3) is 6.11. The SMILES string of the molecule is Cc1cc(F)cc(C)c1-c1cc(F)c(C)c(C(CC(=O)O)NC[C@@H](C)CC(C)C)c1. The second kappa shape index (κ2) is 10.2. The predicted molar refractivity (Wildman–Crippen MR) is 118 cm³/mol. The number of aliphatic carboxylic acids is 1. The van der Waals surface area contributed by atoms with Crippen LogP contribution in [-0.4, -0.2) is 17.6 Å². The monoisotopic (exact) mass is 417 g/mol. The quantitative estimate of drug-likeness (QED) is 0.500. The van der Waals surface area contributed by atoms with Gasteiger partial charge >= 0.3 is 5.97 Å². The number of halogens is 2. The molecule has 0 spiro atoms. The summed E-state index contributed by atoms with van der Waals surface area (Å²) in [6, 6.07) is 5.65. The van der Waals surface area contributed by atoms with Crippen LogP contribution in [0.3, 0.4) is 0 Å². The zero-order valence-corrected chi connectivity index (χ0v) is 18.8. The van der Waals surface area contributed by atoms with Gasteiger partial charge in [-0.2, -0.15) is 0 Å². The van der Waals surface area contributed by atoms with Crippen LogP contribution < -0.4 is 5.32 Å². The van der Waals surface area contributed by atoms with Gasteiger partial charge in [-0.1, -0.05) is 20.8 Å². The van der Waals surface area contributed by atoms with Crippen LogP contribution in [0.15, 0.2) is 24.3 Å². The fraction of sp³-hybridized carbons (Fsp3) is 0.480. The second-order valence-corrected chi connectivity index (χ2v) is 8.88. The average molecular weight is 418 g/mol. The summed E-state index contributed by atoms with van der Waals surface area (Å²) in [6.45, 7) is 12.3. The van der Waals surface area contributed by atoms with Gasteiger partial charge in [-0.05, 0) is 103 Å². The van der Waals surface area contributed by atoms with Crippen LogP contribution in [-0.2, 0) is 4.79 Å². The molecule has 0 aliphatic heterocycles. The fourth-order valence-corrected chi connectivity index (χ4v) is 4.27. The van der Waals surface area contributed by atoms with Gasteiger partial charge < -0.3 is 10.4 Å². The molecule has 0 saturated carbocycles. The lowest BCUT2D eigenvalue weighted by molar-refractivity contribution is -0.137. The normalized spacial score (nSPS) is 13.5. The van der Waals surface area contributed by atoms with Gasteiger partial charge in [0, 0.05) is 6.04 Å². The van der Waals surface area contributed by atoms with Crippen LogP contribution in [0.1, 0.15) is 61.9 Å². The standard InChI is InChI=1S/C25H33F2NO2/c1-14(2)7-15(3)13-28-23(12-24(29)30)21-10-19(11-22(27)18(21)6)25-16(4)8-20(26)9-17(25)5/h8-11,14-15,23,28H,7,12-13H2,1-6H3,(H,29,30)/t15-,23?/m0/s1. The van der Waals surface area contributed by atoms with Crippen molar-refractivity contribution in [2.75, 3.05) is 6.54 Å². The van der Waals surface area contributed by atoms with Crippen LogP contribution in [0.25, 0.3) is 11.1 Å². The van der Waals surface area contributed by atoms with E-state index in [1.54, 1.807) is 20.8 Å². The Morgan fingerprint density at radius 2 is 1.63 bits per heavy atom. The lowest BCUT2D eigenvalue weighted by atomic mass is 9.89. The van der Waals surface area contributed by atoms with Crippen molar-refractivity contribution >= 4 is 5.97 Å². The summed E-state index contributed by atoms with van der Waals surface area (Å²) >= 11 is 0. The summed E-state index contributed by atoms with van der Waals surface area (Å²) < 4.78 is 28.6. The van der Waals surface area contributed by atoms with Gasteiger partial charge in [-0.15, -0.1) is 0 Å². The Bertz CT molecular complexity index is 885. The number of hydrogen-bond acceptors (Lipinski definition) is 2. The Hall–Kier alpha value is -2.27. The topological polar surface area (TPSA) is 49.3 Å². The van der Waals surface area contributed by atoms with E-state index >= 15 is 0 Å². The molecule has 2 aromatic carbocycles. The van der Waals surface area contributed by atoms with Gasteiger partial charge in [0.1, 0.15) is 11.6 Å². The highest BCUT2D eigenvalue weighted by Gasteiger charge is 2.22. The number of carboxylic acids is 1. The molecule has 0 heterocycles. The maximum absolute atomic E-state index is 14.9. The number of hydrogen-bond donors (Lipinski definition) is 2. The van der Waals surface area contributed by atoms with Crippen LogP contribution in [0, 0.1) is 44.2 Å². The molecule has 2 N–H and O–H groups in total. The van der Waals surface area contributed by atoms with Crippen molar-refractivity contribution in [2.45, 2.75) is 60.4 Å². The average Bonchev–Trinajstić information content (AvgIpc) is 2.59. The molecular weight excluding hydrogens is 384 g/mol. The molecule has 30 heavy (non-hydrogen) atoms. The van der Waals surface area contributed by atoms with Crippen LogP contribution in [0.4, 0.5) is 8.78 Å². The highest BCUT2D eigenvalue weighted by molar-refractivity contribution is 5.73. The molecule has 0 aliphatic rings. The third-order valence-corrected chi connectivity index (χ3v) is 5.51. The predicted octanol–water partition coefficient (Wildman–Crippen LogP) is 6.34. The Kier molecular flexibility index (Phi) is 8.13. The fourth-order valence-electron chi connectivity index (χ4n) is 4.27. The molecule has 0 saturated heterocycles. The van der Waals surface area contributed by atoms with Gasteiger partial charge in [0.2, 0.25) is 0 Å². The van der Waals surface area contributed by atoms with Crippen molar-refractivity contribution in [1.82, 2.24) is 5.32 Å². The minimum Gasteiger partial charge on any atom is -0.481 e. The summed E-state index contributed by atoms with van der Waals surface area (Å²) in [7, 11) is 0. The number of carbonyl (C=O) groups is 1. The van der Waals surface area contributed by atoms with Gasteiger partial charge in [-0.3, -0.25) is 4.79 Å². The summed E-state index contributed by atoms with van der Waals surface area (Å²) in [5.41, 5.74) is 3.91. The van der Waals surface area contributed by atoms with E-state index in [1.165, 1.54) is 18.2 Å². The minimum atomic E-state index is -0.941. The molecule has 0 amide bonds. The van der Waals surface area contributed by atoms with Crippen molar-refractivity contribution in [2.24, 2.45) is 11.8 Å². The van der Waals surface area contributed by atoms with Crippen LogP contribution in [0.5, 0.6) is 0 Å². The van der Waals surface area contributed by atoms with Crippen molar-refractivity contribution in [3.63, 3.8) is 0 Å². The molecule has 2 rings (SSSR count). The first-order valence-electron chi connectivity index (χ1n) is 10.5. The Labute approximate surface area is 178 Å². The van der Waals surface area contributed by atoms with E-state index in [1.807, 2.05) is 6.07 Å². The molecule has 0 aliphatic carbocycles. The van der Waals surface area contributed by atoms with Crippen molar-refractivity contribution in [1.29, 1.82) is 0 Å². The lowest BCUT2D eigenvalue weighted by Crippen LogP contribution is -2.29. The van der Waals surface area contributed by atoms with E-state index < -0.39 is 17.8 Å². The molecule has 0 fully saturated rings. The van der Waals surface area contributed by atoms with Crippen molar-refractivity contribution < 1.29 is 18.7 Å². The number of carboxylic acid groups (broad SMARTS) is 1. The first kappa shape index (κ1) is 24.0. The Balaban J connectivity index is 2.47. The minimum absolute atomic E-state index is 0.139. The summed E-state index contributed by atoms with van der Waals surface area (Å²) in [4.78, 5) is 11.5. The van der Waals surface area contributed by atoms with E-state index in [-0.39, 0.29) is 12.2 Å².